The molecule has 1 atom stereocenters. The minimum absolute atomic E-state index is 0.0503. The van der Waals surface area contributed by atoms with E-state index in [4.69, 9.17) is 16.6 Å². The molecule has 4 heterocycles. The lowest BCUT2D eigenvalue weighted by Gasteiger charge is -2.40. The molecule has 4 aromatic rings. The van der Waals surface area contributed by atoms with Gasteiger partial charge in [0.1, 0.15) is 11.6 Å². The molecule has 0 aliphatic carbocycles. The molecule has 3 aromatic heterocycles. The number of anilines is 1. The van der Waals surface area contributed by atoms with E-state index in [9.17, 15) is 9.59 Å². The van der Waals surface area contributed by atoms with Gasteiger partial charge in [0.2, 0.25) is 5.91 Å². The average molecular weight is 604 g/mol. The topological polar surface area (TPSA) is 87.5 Å². The van der Waals surface area contributed by atoms with Crippen molar-refractivity contribution in [3.63, 3.8) is 0 Å². The van der Waals surface area contributed by atoms with Crippen molar-refractivity contribution >= 4 is 34.4 Å². The minimum atomic E-state index is -0.538. The number of rotatable bonds is 7. The summed E-state index contributed by atoms with van der Waals surface area (Å²) in [5, 5.41) is 0.761. The Bertz CT molecular complexity index is 1770. The molecule has 1 aliphatic rings. The largest absolute Gasteiger partial charge is 0.355 e. The molecule has 224 valence electrons. The fourth-order valence-corrected chi connectivity index (χ4v) is 5.88. The first-order valence-corrected chi connectivity index (χ1v) is 14.6. The van der Waals surface area contributed by atoms with Gasteiger partial charge in [0.15, 0.2) is 5.65 Å². The summed E-state index contributed by atoms with van der Waals surface area (Å²) in [5.74, 6) is -0.166. The van der Waals surface area contributed by atoms with Gasteiger partial charge < -0.3 is 14.7 Å². The van der Waals surface area contributed by atoms with Crippen molar-refractivity contribution in [2.75, 3.05) is 38.6 Å². The number of hydrogen-bond acceptors (Lipinski definition) is 7. The van der Waals surface area contributed by atoms with Crippen LogP contribution in [0.1, 0.15) is 37.9 Å². The van der Waals surface area contributed by atoms with Crippen LogP contribution < -0.4 is 10.6 Å². The standard InChI is InChI=1S/C32H35ClFN7O2/c1-7-27(42)39-14-15-40(20(4)17-39)30-23-16-24(33)28(22-10-8-9-11-25(22)34)36-31(23)41(32(43)37-30)29-21(19(2)3)12-13-35-26(29)18-38(5)6/h7-13,16,19-20H,1,14-15,17-18H2,2-6H3/t20-/m0/s1. The van der Waals surface area contributed by atoms with Gasteiger partial charge in [-0.3, -0.25) is 9.78 Å². The smallest absolute Gasteiger partial charge is 0.350 e. The van der Waals surface area contributed by atoms with Gasteiger partial charge in [0.25, 0.3) is 0 Å². The molecule has 1 aromatic carbocycles. The van der Waals surface area contributed by atoms with Crippen LogP contribution in [0.15, 0.2) is 60.0 Å². The monoisotopic (exact) mass is 603 g/mol. The van der Waals surface area contributed by atoms with E-state index in [-0.39, 0.29) is 34.1 Å². The molecule has 9 nitrogen and oxygen atoms in total. The third-order valence-corrected chi connectivity index (χ3v) is 7.95. The van der Waals surface area contributed by atoms with Crippen LogP contribution in [0.2, 0.25) is 5.02 Å². The molecule has 1 amide bonds. The van der Waals surface area contributed by atoms with Crippen LogP contribution in [-0.4, -0.2) is 75.0 Å². The second-order valence-corrected chi connectivity index (χ2v) is 11.7. The van der Waals surface area contributed by atoms with Crippen molar-refractivity contribution in [3.05, 3.63) is 87.8 Å². The third kappa shape index (κ3) is 5.77. The van der Waals surface area contributed by atoms with E-state index < -0.39 is 11.5 Å². The molecule has 1 fully saturated rings. The lowest BCUT2D eigenvalue weighted by Crippen LogP contribution is -2.54. The van der Waals surface area contributed by atoms with E-state index in [0.29, 0.717) is 54.4 Å². The number of pyridine rings is 2. The average Bonchev–Trinajstić information content (AvgIpc) is 2.96. The van der Waals surface area contributed by atoms with Crippen molar-refractivity contribution in [2.45, 2.75) is 39.3 Å². The molecule has 0 N–H and O–H groups in total. The maximum atomic E-state index is 15.0. The van der Waals surface area contributed by atoms with Gasteiger partial charge in [0.05, 0.1) is 27.5 Å². The number of carbonyl (C=O) groups excluding carboxylic acids is 1. The van der Waals surface area contributed by atoms with Crippen LogP contribution in [0.5, 0.6) is 0 Å². The van der Waals surface area contributed by atoms with Crippen LogP contribution >= 0.6 is 11.6 Å². The number of nitrogens with zero attached hydrogens (tertiary/aromatic N) is 7. The van der Waals surface area contributed by atoms with E-state index in [2.05, 4.69) is 16.5 Å². The van der Waals surface area contributed by atoms with Crippen molar-refractivity contribution in [1.29, 1.82) is 0 Å². The molecule has 0 unspecified atom stereocenters. The van der Waals surface area contributed by atoms with Crippen molar-refractivity contribution in [2.24, 2.45) is 0 Å². The number of amides is 1. The normalized spacial score (nSPS) is 15.5. The van der Waals surface area contributed by atoms with Crippen molar-refractivity contribution in [1.82, 2.24) is 29.3 Å². The Hall–Kier alpha value is -4.15. The Balaban J connectivity index is 1.84. The number of hydrogen-bond donors (Lipinski definition) is 0. The second-order valence-electron chi connectivity index (χ2n) is 11.3. The molecule has 1 aliphatic heterocycles. The lowest BCUT2D eigenvalue weighted by atomic mass is 10.0. The molecule has 0 spiro atoms. The number of aromatic nitrogens is 4. The van der Waals surface area contributed by atoms with Gasteiger partial charge in [-0.15, -0.1) is 0 Å². The highest BCUT2D eigenvalue weighted by atomic mass is 35.5. The van der Waals surface area contributed by atoms with Crippen LogP contribution in [0.4, 0.5) is 10.2 Å². The maximum absolute atomic E-state index is 15.0. The van der Waals surface area contributed by atoms with Gasteiger partial charge in [-0.2, -0.15) is 4.98 Å². The fourth-order valence-electron chi connectivity index (χ4n) is 5.62. The predicted molar refractivity (Wildman–Crippen MR) is 168 cm³/mol. The van der Waals surface area contributed by atoms with E-state index in [1.54, 1.807) is 35.4 Å². The van der Waals surface area contributed by atoms with Gasteiger partial charge in [-0.05, 0) is 62.8 Å². The summed E-state index contributed by atoms with van der Waals surface area (Å²) in [7, 11) is 3.87. The molecule has 43 heavy (non-hydrogen) atoms. The number of piperazine rings is 1. The highest BCUT2D eigenvalue weighted by molar-refractivity contribution is 6.33. The number of halogens is 2. The van der Waals surface area contributed by atoms with Crippen LogP contribution in [0, 0.1) is 5.82 Å². The SMILES string of the molecule is C=CC(=O)N1CCN(c2nc(=O)n(-c3c(C(C)C)ccnc3CN(C)C)c3nc(-c4ccccc4F)c(Cl)cc23)[C@@H](C)C1. The molecule has 0 bridgehead atoms. The molecule has 0 radical (unpaired) electrons. The lowest BCUT2D eigenvalue weighted by molar-refractivity contribution is -0.126. The van der Waals surface area contributed by atoms with E-state index >= 15 is 4.39 Å². The summed E-state index contributed by atoms with van der Waals surface area (Å²) in [4.78, 5) is 46.4. The molecular weight excluding hydrogens is 569 g/mol. The fraction of sp³-hybridized carbons (Fsp3) is 0.344. The summed E-state index contributed by atoms with van der Waals surface area (Å²) >= 11 is 6.81. The highest BCUT2D eigenvalue weighted by Crippen LogP contribution is 2.36. The van der Waals surface area contributed by atoms with Gasteiger partial charge in [0, 0.05) is 44.0 Å². The summed E-state index contributed by atoms with van der Waals surface area (Å²) < 4.78 is 16.5. The maximum Gasteiger partial charge on any atom is 0.355 e. The Labute approximate surface area is 255 Å². The second kappa shape index (κ2) is 12.2. The number of benzene rings is 1. The van der Waals surface area contributed by atoms with E-state index in [1.807, 2.05) is 50.7 Å². The molecule has 11 heteroatoms. The Kier molecular flexibility index (Phi) is 8.62. The minimum Gasteiger partial charge on any atom is -0.350 e. The third-order valence-electron chi connectivity index (χ3n) is 7.66. The Morgan fingerprint density at radius 2 is 1.95 bits per heavy atom. The zero-order valence-corrected chi connectivity index (χ0v) is 25.8. The van der Waals surface area contributed by atoms with E-state index in [0.717, 1.165) is 5.56 Å². The Morgan fingerprint density at radius 1 is 1.21 bits per heavy atom. The van der Waals surface area contributed by atoms with Crippen LogP contribution in [-0.2, 0) is 11.3 Å². The van der Waals surface area contributed by atoms with Crippen molar-refractivity contribution in [3.8, 4) is 16.9 Å². The zero-order chi connectivity index (χ0) is 31.0. The first kappa shape index (κ1) is 30.3. The number of fused-ring (bicyclic) bond motifs is 1. The summed E-state index contributed by atoms with van der Waals surface area (Å²) in [5.41, 5.74) is 2.38. The Morgan fingerprint density at radius 3 is 2.60 bits per heavy atom. The predicted octanol–water partition coefficient (Wildman–Crippen LogP) is 5.04. The first-order chi connectivity index (χ1) is 20.5. The van der Waals surface area contributed by atoms with Crippen molar-refractivity contribution < 1.29 is 9.18 Å². The summed E-state index contributed by atoms with van der Waals surface area (Å²) in [6.07, 6.45) is 3.05. The summed E-state index contributed by atoms with van der Waals surface area (Å²) in [6.45, 7) is 11.4. The molecule has 0 saturated carbocycles. The van der Waals surface area contributed by atoms with Crippen LogP contribution in [0.25, 0.3) is 28.0 Å². The van der Waals surface area contributed by atoms with Gasteiger partial charge in [-0.1, -0.05) is 44.2 Å². The molecule has 1 saturated heterocycles. The highest BCUT2D eigenvalue weighted by Gasteiger charge is 2.30. The van der Waals surface area contributed by atoms with Crippen LogP contribution in [0.3, 0.4) is 0 Å². The molecule has 5 rings (SSSR count). The number of carbonyl (C=O) groups is 1. The zero-order valence-electron chi connectivity index (χ0n) is 25.0. The summed E-state index contributed by atoms with van der Waals surface area (Å²) in [6, 6.07) is 9.71. The first-order valence-electron chi connectivity index (χ1n) is 14.2. The quantitative estimate of drug-likeness (QED) is 0.273. The van der Waals surface area contributed by atoms with Gasteiger partial charge >= 0.3 is 5.69 Å². The van der Waals surface area contributed by atoms with E-state index in [1.165, 1.54) is 16.7 Å². The molecular formula is C32H35ClFN7O2. The van der Waals surface area contributed by atoms with Gasteiger partial charge in [-0.25, -0.2) is 18.7 Å².